The molecule has 0 amide bonds. The summed E-state index contributed by atoms with van der Waals surface area (Å²) < 4.78 is 1.06. The van der Waals surface area contributed by atoms with E-state index >= 15 is 0 Å². The third-order valence-corrected chi connectivity index (χ3v) is 2.40. The average molecular weight is 131 g/mol. The van der Waals surface area contributed by atoms with Crippen LogP contribution in [0.25, 0.3) is 0 Å². The molecule has 0 spiro atoms. The van der Waals surface area contributed by atoms with Crippen LogP contribution in [0.1, 0.15) is 20.8 Å². The molecule has 0 unspecified atom stereocenters. The summed E-state index contributed by atoms with van der Waals surface area (Å²) in [5.74, 6) is 0. The molecule has 0 radical (unpaired) electrons. The molecule has 0 fully saturated rings. The van der Waals surface area contributed by atoms with E-state index in [1.165, 1.54) is 0 Å². The minimum atomic E-state index is 0.781. The lowest BCUT2D eigenvalue weighted by Crippen LogP contribution is -2.51. The van der Waals surface area contributed by atoms with Crippen LogP contribution in [-0.2, 0) is 0 Å². The first-order chi connectivity index (χ1) is 4.24. The van der Waals surface area contributed by atoms with Crippen molar-refractivity contribution in [1.29, 1.82) is 0 Å². The molecule has 0 aromatic heterocycles. The number of hydrogen-bond acceptors (Lipinski definition) is 1. The van der Waals surface area contributed by atoms with Crippen molar-refractivity contribution in [2.24, 2.45) is 5.73 Å². The Bertz CT molecular complexity index is 49.8. The summed E-state index contributed by atoms with van der Waals surface area (Å²) in [7, 11) is 0. The van der Waals surface area contributed by atoms with Crippen molar-refractivity contribution in [3.63, 3.8) is 0 Å². The van der Waals surface area contributed by atoms with Gasteiger partial charge in [0.15, 0.2) is 0 Å². The van der Waals surface area contributed by atoms with Crippen LogP contribution >= 0.6 is 0 Å². The second kappa shape index (κ2) is 3.85. The molecular weight excluding hydrogens is 112 g/mol. The summed E-state index contributed by atoms with van der Waals surface area (Å²) in [6.45, 7) is 10.8. The maximum absolute atomic E-state index is 5.61. The maximum atomic E-state index is 5.61. The van der Waals surface area contributed by atoms with E-state index in [0.717, 1.165) is 30.8 Å². The van der Waals surface area contributed by atoms with Gasteiger partial charge in [-0.05, 0) is 20.8 Å². The van der Waals surface area contributed by atoms with E-state index in [9.17, 15) is 0 Å². The number of rotatable bonds is 4. The van der Waals surface area contributed by atoms with Gasteiger partial charge in [0.2, 0.25) is 0 Å². The fraction of sp³-hybridized carbons (Fsp3) is 1.00. The van der Waals surface area contributed by atoms with E-state index in [1.54, 1.807) is 0 Å². The molecule has 2 N–H and O–H groups in total. The predicted octanol–water partition coefficient (Wildman–Crippen LogP) is 0.779. The largest absolute Gasteiger partial charge is 0.312 e. The molecule has 0 aliphatic rings. The number of nitrogens with zero attached hydrogens (tertiary/aromatic N) is 1. The molecule has 9 heavy (non-hydrogen) atoms. The van der Waals surface area contributed by atoms with E-state index in [-0.39, 0.29) is 0 Å². The van der Waals surface area contributed by atoms with E-state index in [4.69, 9.17) is 5.73 Å². The summed E-state index contributed by atoms with van der Waals surface area (Å²) in [4.78, 5) is 0. The first kappa shape index (κ1) is 8.92. The lowest BCUT2D eigenvalue weighted by Gasteiger charge is -2.33. The summed E-state index contributed by atoms with van der Waals surface area (Å²) in [5.41, 5.74) is 5.61. The monoisotopic (exact) mass is 131 g/mol. The van der Waals surface area contributed by atoms with Crippen molar-refractivity contribution in [2.45, 2.75) is 20.8 Å². The van der Waals surface area contributed by atoms with Gasteiger partial charge in [-0.3, -0.25) is 5.73 Å². The Balaban J connectivity index is 3.82. The molecule has 0 bridgehead atoms. The van der Waals surface area contributed by atoms with Crippen molar-refractivity contribution in [3.8, 4) is 0 Å². The molecule has 2 nitrogen and oxygen atoms in total. The topological polar surface area (TPSA) is 26.0 Å². The molecular formula is C7H19N2+. The Hall–Kier alpha value is -0.0800. The fourth-order valence-corrected chi connectivity index (χ4v) is 1.06. The highest BCUT2D eigenvalue weighted by atomic mass is 15.4. The molecule has 0 atom stereocenters. The molecule has 0 aromatic rings. The Morgan fingerprint density at radius 1 is 1.00 bits per heavy atom. The Morgan fingerprint density at radius 3 is 1.33 bits per heavy atom. The highest BCUT2D eigenvalue weighted by Gasteiger charge is 2.16. The zero-order valence-electron chi connectivity index (χ0n) is 6.85. The number of nitrogens with two attached hydrogens (primary N) is 1. The molecule has 0 saturated heterocycles. The lowest BCUT2D eigenvalue weighted by atomic mass is 10.4. The van der Waals surface area contributed by atoms with Crippen LogP contribution in [0.5, 0.6) is 0 Å². The first-order valence-corrected chi connectivity index (χ1v) is 3.79. The highest BCUT2D eigenvalue weighted by Crippen LogP contribution is 2.00. The van der Waals surface area contributed by atoms with Gasteiger partial charge in [0, 0.05) is 0 Å². The minimum absolute atomic E-state index is 0.781. The van der Waals surface area contributed by atoms with Gasteiger partial charge in [0.1, 0.15) is 6.67 Å². The normalized spacial score (nSPS) is 12.0. The molecule has 0 saturated carbocycles. The van der Waals surface area contributed by atoms with Crippen molar-refractivity contribution < 1.29 is 4.48 Å². The summed E-state index contributed by atoms with van der Waals surface area (Å²) in [6.07, 6.45) is 0. The Morgan fingerprint density at radius 2 is 1.33 bits per heavy atom. The quantitative estimate of drug-likeness (QED) is 0.443. The van der Waals surface area contributed by atoms with Crippen molar-refractivity contribution in [2.75, 3.05) is 26.3 Å². The minimum Gasteiger partial charge on any atom is -0.312 e. The second-order valence-corrected chi connectivity index (χ2v) is 2.47. The van der Waals surface area contributed by atoms with E-state index in [1.807, 2.05) is 0 Å². The first-order valence-electron chi connectivity index (χ1n) is 3.79. The molecule has 0 aliphatic carbocycles. The SMILES string of the molecule is CC[N+](CC)(CC)CN. The molecule has 0 heterocycles. The van der Waals surface area contributed by atoms with Gasteiger partial charge in [-0.2, -0.15) is 0 Å². The smallest absolute Gasteiger partial charge is 0.130 e. The van der Waals surface area contributed by atoms with Gasteiger partial charge in [-0.1, -0.05) is 0 Å². The van der Waals surface area contributed by atoms with Crippen LogP contribution in [0.3, 0.4) is 0 Å². The highest BCUT2D eigenvalue weighted by molar-refractivity contribution is 4.29. The fourth-order valence-electron chi connectivity index (χ4n) is 1.06. The average Bonchev–Trinajstić information content (AvgIpc) is 1.95. The molecule has 2 heteroatoms. The Labute approximate surface area is 58.2 Å². The number of quaternary nitrogens is 1. The van der Waals surface area contributed by atoms with Crippen molar-refractivity contribution >= 4 is 0 Å². The van der Waals surface area contributed by atoms with Crippen LogP contribution in [0, 0.1) is 0 Å². The van der Waals surface area contributed by atoms with Gasteiger partial charge >= 0.3 is 0 Å². The standard InChI is InChI=1S/C7H19N2/c1-4-9(5-2,6-3)7-8/h4-8H2,1-3H3/q+1. The summed E-state index contributed by atoms with van der Waals surface area (Å²) in [5, 5.41) is 0. The van der Waals surface area contributed by atoms with Crippen LogP contribution in [-0.4, -0.2) is 30.8 Å². The molecule has 0 rings (SSSR count). The van der Waals surface area contributed by atoms with Gasteiger partial charge in [-0.15, -0.1) is 0 Å². The Kier molecular flexibility index (Phi) is 3.82. The van der Waals surface area contributed by atoms with Crippen LogP contribution in [0.2, 0.25) is 0 Å². The van der Waals surface area contributed by atoms with E-state index < -0.39 is 0 Å². The molecule has 0 aliphatic heterocycles. The summed E-state index contributed by atoms with van der Waals surface area (Å²) >= 11 is 0. The maximum Gasteiger partial charge on any atom is 0.130 e. The van der Waals surface area contributed by atoms with Gasteiger partial charge in [0.05, 0.1) is 19.6 Å². The third-order valence-electron chi connectivity index (χ3n) is 2.40. The number of hydrogen-bond donors (Lipinski definition) is 1. The van der Waals surface area contributed by atoms with Gasteiger partial charge in [-0.25, -0.2) is 0 Å². The zero-order chi connectivity index (χ0) is 7.33. The van der Waals surface area contributed by atoms with E-state index in [2.05, 4.69) is 20.8 Å². The van der Waals surface area contributed by atoms with Crippen molar-refractivity contribution in [1.82, 2.24) is 0 Å². The molecule has 56 valence electrons. The van der Waals surface area contributed by atoms with Gasteiger partial charge < -0.3 is 4.48 Å². The third kappa shape index (κ3) is 1.95. The summed E-state index contributed by atoms with van der Waals surface area (Å²) in [6, 6.07) is 0. The lowest BCUT2D eigenvalue weighted by molar-refractivity contribution is -0.923. The van der Waals surface area contributed by atoms with Crippen molar-refractivity contribution in [3.05, 3.63) is 0 Å². The zero-order valence-corrected chi connectivity index (χ0v) is 6.85. The second-order valence-electron chi connectivity index (χ2n) is 2.47. The van der Waals surface area contributed by atoms with Crippen LogP contribution in [0.4, 0.5) is 0 Å². The molecule has 0 aromatic carbocycles. The predicted molar refractivity (Wildman–Crippen MR) is 40.9 cm³/mol. The van der Waals surface area contributed by atoms with Crippen LogP contribution < -0.4 is 5.73 Å². The van der Waals surface area contributed by atoms with Gasteiger partial charge in [0.25, 0.3) is 0 Å². The van der Waals surface area contributed by atoms with E-state index in [0.29, 0.717) is 0 Å². The van der Waals surface area contributed by atoms with Crippen LogP contribution in [0.15, 0.2) is 0 Å².